The molecule has 2 rings (SSSR count). The number of hydrogen-bond donors (Lipinski definition) is 1. The minimum absolute atomic E-state index is 0.00867. The van der Waals surface area contributed by atoms with Crippen molar-refractivity contribution < 1.29 is 13.9 Å². The number of benzene rings is 1. The van der Waals surface area contributed by atoms with Crippen LogP contribution in [0.3, 0.4) is 0 Å². The second kappa shape index (κ2) is 8.65. The Morgan fingerprint density at radius 2 is 2.20 bits per heavy atom. The summed E-state index contributed by atoms with van der Waals surface area (Å²) in [5.41, 5.74) is 0.758. The van der Waals surface area contributed by atoms with Crippen LogP contribution in [-0.4, -0.2) is 43.1 Å². The van der Waals surface area contributed by atoms with Crippen molar-refractivity contribution >= 4 is 5.91 Å². The highest BCUT2D eigenvalue weighted by atomic mass is 19.1. The summed E-state index contributed by atoms with van der Waals surface area (Å²) in [5.74, 6) is 0.564. The zero-order valence-electron chi connectivity index (χ0n) is 15.9. The third kappa shape index (κ3) is 5.70. The number of aryl methyl sites for hydroxylation is 1. The average Bonchev–Trinajstić information content (AvgIpc) is 2.58. The predicted molar refractivity (Wildman–Crippen MR) is 98.3 cm³/mol. The number of carbonyl (C=O) groups is 1. The molecule has 4 nitrogen and oxygen atoms in total. The Morgan fingerprint density at radius 3 is 2.84 bits per heavy atom. The number of carbonyl (C=O) groups excluding carboxylic acids is 1. The molecule has 0 aliphatic carbocycles. The van der Waals surface area contributed by atoms with Crippen LogP contribution in [0.5, 0.6) is 5.75 Å². The lowest BCUT2D eigenvalue weighted by atomic mass is 9.93. The molecule has 0 spiro atoms. The van der Waals surface area contributed by atoms with E-state index in [0.29, 0.717) is 25.3 Å². The quantitative estimate of drug-likeness (QED) is 0.819. The van der Waals surface area contributed by atoms with Crippen molar-refractivity contribution in [2.75, 3.05) is 26.7 Å². The lowest BCUT2D eigenvalue weighted by molar-refractivity contribution is -0.121. The van der Waals surface area contributed by atoms with Crippen LogP contribution in [0.25, 0.3) is 0 Å². The molecule has 1 heterocycles. The number of hydrogen-bond acceptors (Lipinski definition) is 3. The molecule has 1 amide bonds. The van der Waals surface area contributed by atoms with Gasteiger partial charge in [-0.3, -0.25) is 9.69 Å². The van der Waals surface area contributed by atoms with Crippen LogP contribution in [0.2, 0.25) is 0 Å². The van der Waals surface area contributed by atoms with Gasteiger partial charge in [-0.05, 0) is 63.3 Å². The van der Waals surface area contributed by atoms with E-state index < -0.39 is 0 Å². The number of nitrogens with zero attached hydrogens (tertiary/aromatic N) is 1. The Morgan fingerprint density at radius 1 is 1.44 bits per heavy atom. The Balaban J connectivity index is 1.79. The largest absolute Gasteiger partial charge is 0.494 e. The highest BCUT2D eigenvalue weighted by molar-refractivity contribution is 5.76. The van der Waals surface area contributed by atoms with Gasteiger partial charge in [-0.25, -0.2) is 4.39 Å². The van der Waals surface area contributed by atoms with E-state index in [9.17, 15) is 9.18 Å². The maximum atomic E-state index is 13.7. The summed E-state index contributed by atoms with van der Waals surface area (Å²) in [6.07, 6.45) is 3.39. The minimum atomic E-state index is -0.388. The second-order valence-corrected chi connectivity index (χ2v) is 7.75. The summed E-state index contributed by atoms with van der Waals surface area (Å²) in [6, 6.07) is 4.84. The third-order valence-electron chi connectivity index (χ3n) is 5.09. The lowest BCUT2D eigenvalue weighted by Crippen LogP contribution is -2.54. The smallest absolute Gasteiger partial charge is 0.220 e. The molecule has 140 valence electrons. The van der Waals surface area contributed by atoms with E-state index in [2.05, 4.69) is 31.0 Å². The van der Waals surface area contributed by atoms with Crippen LogP contribution < -0.4 is 10.1 Å². The zero-order valence-corrected chi connectivity index (χ0v) is 15.9. The van der Waals surface area contributed by atoms with Crippen LogP contribution in [0.4, 0.5) is 4.39 Å². The highest BCUT2D eigenvalue weighted by Crippen LogP contribution is 2.23. The maximum Gasteiger partial charge on any atom is 0.220 e. The summed E-state index contributed by atoms with van der Waals surface area (Å²) < 4.78 is 18.6. The molecule has 1 aliphatic heterocycles. The Kier molecular flexibility index (Phi) is 6.82. The maximum absolute atomic E-state index is 13.7. The summed E-state index contributed by atoms with van der Waals surface area (Å²) in [5, 5.41) is 3.04. The molecule has 1 fully saturated rings. The molecule has 0 aromatic heterocycles. The van der Waals surface area contributed by atoms with Gasteiger partial charge < -0.3 is 10.1 Å². The normalized spacial score (nSPS) is 18.8. The molecule has 0 radical (unpaired) electrons. The first-order valence-corrected chi connectivity index (χ1v) is 9.16. The topological polar surface area (TPSA) is 41.6 Å². The standard InChI is InChI=1S/C20H31FN2O2/c1-15-6-5-11-23(13-15)20(2,3)14-22-19(24)10-8-16-7-9-18(25-4)17(21)12-16/h7,9,12,15H,5-6,8,10-11,13-14H2,1-4H3,(H,22,24). The van der Waals surface area contributed by atoms with Crippen LogP contribution in [0.15, 0.2) is 18.2 Å². The van der Waals surface area contributed by atoms with Gasteiger partial charge in [0.2, 0.25) is 5.91 Å². The fourth-order valence-corrected chi connectivity index (χ4v) is 3.38. The number of piperidine rings is 1. The molecule has 0 bridgehead atoms. The Hall–Kier alpha value is -1.62. The molecule has 1 N–H and O–H groups in total. The fraction of sp³-hybridized carbons (Fsp3) is 0.650. The number of likely N-dealkylation sites (tertiary alicyclic amines) is 1. The monoisotopic (exact) mass is 350 g/mol. The van der Waals surface area contributed by atoms with Crippen molar-refractivity contribution in [3.63, 3.8) is 0 Å². The molecule has 1 atom stereocenters. The first kappa shape index (κ1) is 19.7. The van der Waals surface area contributed by atoms with Crippen molar-refractivity contribution in [1.82, 2.24) is 10.2 Å². The lowest BCUT2D eigenvalue weighted by Gasteiger charge is -2.43. The number of methoxy groups -OCH3 is 1. The number of nitrogens with one attached hydrogen (secondary N) is 1. The second-order valence-electron chi connectivity index (χ2n) is 7.75. The summed E-state index contributed by atoms with van der Waals surface area (Å²) in [6.45, 7) is 9.48. The predicted octanol–water partition coefficient (Wildman–Crippen LogP) is 3.39. The average molecular weight is 350 g/mol. The Labute approximate surface area is 150 Å². The SMILES string of the molecule is COc1ccc(CCC(=O)NCC(C)(C)N2CCCC(C)C2)cc1F. The van der Waals surface area contributed by atoms with Crippen LogP contribution in [0, 0.1) is 11.7 Å². The van der Waals surface area contributed by atoms with Crippen LogP contribution in [-0.2, 0) is 11.2 Å². The molecule has 0 saturated carbocycles. The molecule has 1 unspecified atom stereocenters. The van der Waals surface area contributed by atoms with E-state index in [1.807, 2.05) is 0 Å². The summed E-state index contributed by atoms with van der Waals surface area (Å²) >= 11 is 0. The van der Waals surface area contributed by atoms with Gasteiger partial charge in [0.1, 0.15) is 0 Å². The third-order valence-corrected chi connectivity index (χ3v) is 5.09. The van der Waals surface area contributed by atoms with E-state index in [1.54, 1.807) is 12.1 Å². The van der Waals surface area contributed by atoms with Gasteiger partial charge in [0, 0.05) is 25.0 Å². The van der Waals surface area contributed by atoms with Gasteiger partial charge in [-0.2, -0.15) is 0 Å². The summed E-state index contributed by atoms with van der Waals surface area (Å²) in [7, 11) is 1.44. The van der Waals surface area contributed by atoms with E-state index >= 15 is 0 Å². The fourth-order valence-electron chi connectivity index (χ4n) is 3.38. The molecule has 5 heteroatoms. The van der Waals surface area contributed by atoms with Gasteiger partial charge in [-0.15, -0.1) is 0 Å². The van der Waals surface area contributed by atoms with Gasteiger partial charge >= 0.3 is 0 Å². The first-order chi connectivity index (χ1) is 11.8. The first-order valence-electron chi connectivity index (χ1n) is 9.16. The molecule has 1 saturated heterocycles. The molecule has 1 aromatic carbocycles. The van der Waals surface area contributed by atoms with E-state index in [1.165, 1.54) is 26.0 Å². The molecule has 1 aliphatic rings. The number of halogens is 1. The number of ether oxygens (including phenoxy) is 1. The van der Waals surface area contributed by atoms with E-state index in [-0.39, 0.29) is 23.0 Å². The van der Waals surface area contributed by atoms with Crippen LogP contribution >= 0.6 is 0 Å². The van der Waals surface area contributed by atoms with Gasteiger partial charge in [0.05, 0.1) is 7.11 Å². The molecular formula is C20H31FN2O2. The molecule has 1 aromatic rings. The van der Waals surface area contributed by atoms with Crippen LogP contribution in [0.1, 0.15) is 45.6 Å². The van der Waals surface area contributed by atoms with Gasteiger partial charge in [-0.1, -0.05) is 13.0 Å². The van der Waals surface area contributed by atoms with Crippen molar-refractivity contribution in [3.8, 4) is 5.75 Å². The van der Waals surface area contributed by atoms with Crippen molar-refractivity contribution in [2.45, 2.75) is 52.0 Å². The molecular weight excluding hydrogens is 319 g/mol. The van der Waals surface area contributed by atoms with Crippen molar-refractivity contribution in [3.05, 3.63) is 29.6 Å². The van der Waals surface area contributed by atoms with Gasteiger partial charge in [0.15, 0.2) is 11.6 Å². The van der Waals surface area contributed by atoms with E-state index in [4.69, 9.17) is 4.74 Å². The van der Waals surface area contributed by atoms with Gasteiger partial charge in [0.25, 0.3) is 0 Å². The van der Waals surface area contributed by atoms with E-state index in [0.717, 1.165) is 18.7 Å². The summed E-state index contributed by atoms with van der Waals surface area (Å²) in [4.78, 5) is 14.6. The van der Waals surface area contributed by atoms with Crippen molar-refractivity contribution in [2.24, 2.45) is 5.92 Å². The number of amides is 1. The minimum Gasteiger partial charge on any atom is -0.494 e. The Bertz CT molecular complexity index is 589. The highest BCUT2D eigenvalue weighted by Gasteiger charge is 2.30. The number of rotatable bonds is 7. The zero-order chi connectivity index (χ0) is 18.4. The molecule has 25 heavy (non-hydrogen) atoms. The van der Waals surface area contributed by atoms with Crippen molar-refractivity contribution in [1.29, 1.82) is 0 Å².